The highest BCUT2D eigenvalue weighted by molar-refractivity contribution is 7.89. The molecule has 0 unspecified atom stereocenters. The fraction of sp³-hybridized carbons (Fsp3) is 0.389. The van der Waals surface area contributed by atoms with Gasteiger partial charge in [-0.25, -0.2) is 22.5 Å². The molecular weight excluding hydrogens is 341 g/mol. The van der Waals surface area contributed by atoms with Crippen molar-refractivity contribution in [2.45, 2.75) is 43.2 Å². The maximum Gasteiger partial charge on any atom is 0.242 e. The van der Waals surface area contributed by atoms with Gasteiger partial charge in [0.1, 0.15) is 16.5 Å². The average molecular weight is 363 g/mol. The van der Waals surface area contributed by atoms with Crippen LogP contribution in [0.4, 0.5) is 10.2 Å². The maximum absolute atomic E-state index is 13.0. The number of halogens is 1. The van der Waals surface area contributed by atoms with Crippen molar-refractivity contribution in [1.82, 2.24) is 9.71 Å². The minimum Gasteiger partial charge on any atom is -0.355 e. The van der Waals surface area contributed by atoms with Crippen LogP contribution in [-0.4, -0.2) is 26.5 Å². The number of pyridine rings is 1. The monoisotopic (exact) mass is 363 g/mol. The van der Waals surface area contributed by atoms with E-state index >= 15 is 0 Å². The summed E-state index contributed by atoms with van der Waals surface area (Å²) in [5.41, 5.74) is 0.949. The standard InChI is InChI=1S/C18H22FN3O2S/c1-22(13-14-6-8-15(19)9-7-14)18-11-10-17(12-20-18)25(23,24)21-16-4-2-3-5-16/h6-12,16,21H,2-5,13H2,1H3. The Morgan fingerprint density at radius 2 is 1.84 bits per heavy atom. The minimum atomic E-state index is -3.52. The van der Waals surface area contributed by atoms with Crippen molar-refractivity contribution in [3.63, 3.8) is 0 Å². The lowest BCUT2D eigenvalue weighted by atomic mass is 10.2. The van der Waals surface area contributed by atoms with Gasteiger partial charge in [0, 0.05) is 25.8 Å². The number of nitrogens with one attached hydrogen (secondary N) is 1. The first-order valence-electron chi connectivity index (χ1n) is 8.38. The Labute approximate surface area is 147 Å². The zero-order chi connectivity index (χ0) is 17.9. The molecule has 1 N–H and O–H groups in total. The lowest BCUT2D eigenvalue weighted by molar-refractivity contribution is 0.552. The highest BCUT2D eigenvalue weighted by atomic mass is 32.2. The van der Waals surface area contributed by atoms with E-state index in [-0.39, 0.29) is 16.8 Å². The summed E-state index contributed by atoms with van der Waals surface area (Å²) in [6.45, 7) is 0.555. The lowest BCUT2D eigenvalue weighted by Gasteiger charge is -2.19. The first-order valence-corrected chi connectivity index (χ1v) is 9.86. The van der Waals surface area contributed by atoms with Gasteiger partial charge in [0.05, 0.1) is 0 Å². The molecule has 1 aromatic heterocycles. The van der Waals surface area contributed by atoms with Gasteiger partial charge < -0.3 is 4.90 Å². The summed E-state index contributed by atoms with van der Waals surface area (Å²) in [5, 5.41) is 0. The Hall–Kier alpha value is -1.99. The van der Waals surface area contributed by atoms with Gasteiger partial charge in [0.15, 0.2) is 0 Å². The summed E-state index contributed by atoms with van der Waals surface area (Å²) >= 11 is 0. The third kappa shape index (κ3) is 4.55. The third-order valence-corrected chi connectivity index (χ3v) is 5.94. The fourth-order valence-electron chi connectivity index (χ4n) is 3.03. The van der Waals surface area contributed by atoms with Crippen molar-refractivity contribution in [3.8, 4) is 0 Å². The van der Waals surface area contributed by atoms with Crippen LogP contribution in [0.5, 0.6) is 0 Å². The van der Waals surface area contributed by atoms with E-state index in [0.717, 1.165) is 31.2 Å². The van der Waals surface area contributed by atoms with Gasteiger partial charge in [-0.1, -0.05) is 25.0 Å². The van der Waals surface area contributed by atoms with Crippen molar-refractivity contribution in [3.05, 3.63) is 54.0 Å². The number of nitrogens with zero attached hydrogens (tertiary/aromatic N) is 2. The molecule has 0 radical (unpaired) electrons. The van der Waals surface area contributed by atoms with E-state index in [2.05, 4.69) is 9.71 Å². The summed E-state index contributed by atoms with van der Waals surface area (Å²) < 4.78 is 40.5. The Morgan fingerprint density at radius 3 is 2.44 bits per heavy atom. The van der Waals surface area contributed by atoms with Crippen LogP contribution in [0.3, 0.4) is 0 Å². The van der Waals surface area contributed by atoms with Gasteiger partial charge in [-0.2, -0.15) is 0 Å². The average Bonchev–Trinajstić information content (AvgIpc) is 3.09. The van der Waals surface area contributed by atoms with Crippen molar-refractivity contribution in [1.29, 1.82) is 0 Å². The Balaban J connectivity index is 1.67. The smallest absolute Gasteiger partial charge is 0.242 e. The molecule has 25 heavy (non-hydrogen) atoms. The first kappa shape index (κ1) is 17.8. The van der Waals surface area contributed by atoms with Crippen molar-refractivity contribution in [2.24, 2.45) is 0 Å². The second kappa shape index (κ2) is 7.49. The second-order valence-corrected chi connectivity index (χ2v) is 8.15. The third-order valence-electron chi connectivity index (χ3n) is 4.43. The van der Waals surface area contributed by atoms with Crippen molar-refractivity contribution in [2.75, 3.05) is 11.9 Å². The van der Waals surface area contributed by atoms with Crippen molar-refractivity contribution < 1.29 is 12.8 Å². The van der Waals surface area contributed by atoms with Crippen LogP contribution in [0.15, 0.2) is 47.5 Å². The van der Waals surface area contributed by atoms with Crippen molar-refractivity contribution >= 4 is 15.8 Å². The lowest BCUT2D eigenvalue weighted by Crippen LogP contribution is -2.32. The molecule has 1 fully saturated rings. The fourth-order valence-corrected chi connectivity index (χ4v) is 4.28. The van der Waals surface area contributed by atoms with Crippen LogP contribution in [0.25, 0.3) is 0 Å². The van der Waals surface area contributed by atoms with Gasteiger partial charge in [-0.15, -0.1) is 0 Å². The molecule has 0 spiro atoms. The molecule has 1 heterocycles. The molecule has 1 aliphatic carbocycles. The van der Waals surface area contributed by atoms with E-state index in [1.165, 1.54) is 18.3 Å². The Bertz CT molecular complexity index is 801. The number of anilines is 1. The molecule has 1 aliphatic rings. The van der Waals surface area contributed by atoms with E-state index in [1.54, 1.807) is 24.3 Å². The molecule has 5 nitrogen and oxygen atoms in total. The quantitative estimate of drug-likeness (QED) is 0.857. The van der Waals surface area contributed by atoms with Gasteiger partial charge in [-0.3, -0.25) is 0 Å². The molecule has 0 amide bonds. The molecule has 0 saturated heterocycles. The summed E-state index contributed by atoms with van der Waals surface area (Å²) in [7, 11) is -1.66. The molecule has 0 bridgehead atoms. The molecule has 0 atom stereocenters. The Morgan fingerprint density at radius 1 is 1.16 bits per heavy atom. The molecule has 3 rings (SSSR count). The van der Waals surface area contributed by atoms with Crippen LogP contribution < -0.4 is 9.62 Å². The van der Waals surface area contributed by atoms with E-state index < -0.39 is 10.0 Å². The van der Waals surface area contributed by atoms with Gasteiger partial charge in [-0.05, 0) is 42.7 Å². The van der Waals surface area contributed by atoms with Crippen LogP contribution >= 0.6 is 0 Å². The van der Waals surface area contributed by atoms with E-state index in [4.69, 9.17) is 0 Å². The summed E-state index contributed by atoms with van der Waals surface area (Å²) in [5.74, 6) is 0.387. The number of aromatic nitrogens is 1. The minimum absolute atomic E-state index is 0.0332. The predicted molar refractivity (Wildman–Crippen MR) is 95.3 cm³/mol. The zero-order valence-corrected chi connectivity index (χ0v) is 15.0. The molecule has 134 valence electrons. The number of sulfonamides is 1. The predicted octanol–water partition coefficient (Wildman–Crippen LogP) is 3.08. The van der Waals surface area contributed by atoms with Gasteiger partial charge in [0.2, 0.25) is 10.0 Å². The summed E-state index contributed by atoms with van der Waals surface area (Å²) in [6, 6.07) is 9.56. The molecular formula is C18H22FN3O2S. The van der Waals surface area contributed by atoms with Crippen LogP contribution in [0.2, 0.25) is 0 Å². The largest absolute Gasteiger partial charge is 0.355 e. The number of hydrogen-bond acceptors (Lipinski definition) is 4. The molecule has 0 aliphatic heterocycles. The number of benzene rings is 1. The van der Waals surface area contributed by atoms with E-state index in [1.807, 2.05) is 11.9 Å². The normalized spacial score (nSPS) is 15.4. The Kier molecular flexibility index (Phi) is 5.34. The highest BCUT2D eigenvalue weighted by Crippen LogP contribution is 2.21. The molecule has 1 saturated carbocycles. The second-order valence-electron chi connectivity index (χ2n) is 6.44. The summed E-state index contributed by atoms with van der Waals surface area (Å²) in [4.78, 5) is 6.33. The SMILES string of the molecule is CN(Cc1ccc(F)cc1)c1ccc(S(=O)(=O)NC2CCCC2)cn1. The van der Waals surface area contributed by atoms with Gasteiger partial charge >= 0.3 is 0 Å². The zero-order valence-electron chi connectivity index (χ0n) is 14.2. The van der Waals surface area contributed by atoms with E-state index in [0.29, 0.717) is 12.4 Å². The number of hydrogen-bond donors (Lipinski definition) is 1. The molecule has 2 aromatic rings. The first-order chi connectivity index (χ1) is 11.9. The van der Waals surface area contributed by atoms with Crippen LogP contribution in [0.1, 0.15) is 31.2 Å². The molecule has 1 aromatic carbocycles. The highest BCUT2D eigenvalue weighted by Gasteiger charge is 2.23. The van der Waals surface area contributed by atoms with Crippen LogP contribution in [0, 0.1) is 5.82 Å². The maximum atomic E-state index is 13.0. The number of rotatable bonds is 6. The molecule has 7 heteroatoms. The summed E-state index contributed by atoms with van der Waals surface area (Å²) in [6.07, 6.45) is 5.31. The topological polar surface area (TPSA) is 62.3 Å². The van der Waals surface area contributed by atoms with Gasteiger partial charge in [0.25, 0.3) is 0 Å². The van der Waals surface area contributed by atoms with E-state index in [9.17, 15) is 12.8 Å². The van der Waals surface area contributed by atoms with Crippen LogP contribution in [-0.2, 0) is 16.6 Å².